The summed E-state index contributed by atoms with van der Waals surface area (Å²) in [5.74, 6) is 0.115. The van der Waals surface area contributed by atoms with Gasteiger partial charge in [-0.25, -0.2) is 5.43 Å². The molecule has 132 valence electrons. The number of hydrogen-bond donors (Lipinski definition) is 1. The number of rotatable bonds is 6. The van der Waals surface area contributed by atoms with Crippen LogP contribution in [-0.4, -0.2) is 23.7 Å². The molecule has 0 aliphatic rings. The number of amides is 1. The zero-order valence-electron chi connectivity index (χ0n) is 13.2. The number of carbonyl (C=O) groups is 1. The van der Waals surface area contributed by atoms with Crippen LogP contribution in [0.1, 0.15) is 4.88 Å². The summed E-state index contributed by atoms with van der Waals surface area (Å²) in [5.41, 5.74) is 2.32. The Hall–Kier alpha value is -2.78. The highest BCUT2D eigenvalue weighted by Crippen LogP contribution is 2.32. The second kappa shape index (κ2) is 8.07. The lowest BCUT2D eigenvalue weighted by Gasteiger charge is -2.09. The van der Waals surface area contributed by atoms with E-state index in [0.717, 1.165) is 26.6 Å². The van der Waals surface area contributed by atoms with Crippen LogP contribution in [0.15, 0.2) is 57.4 Å². The highest BCUT2D eigenvalue weighted by Gasteiger charge is 2.09. The molecule has 0 aliphatic carbocycles. The van der Waals surface area contributed by atoms with E-state index in [4.69, 9.17) is 4.74 Å². The van der Waals surface area contributed by atoms with Gasteiger partial charge in [0.2, 0.25) is 0 Å². The van der Waals surface area contributed by atoms with Crippen LogP contribution in [0, 0.1) is 10.1 Å². The minimum Gasteiger partial charge on any atom is -0.483 e. The number of benzene rings is 2. The molecular formula is C17H12BrN3O4S. The topological polar surface area (TPSA) is 93.8 Å². The first-order valence-corrected chi connectivity index (χ1v) is 9.07. The van der Waals surface area contributed by atoms with Gasteiger partial charge in [-0.3, -0.25) is 14.9 Å². The molecule has 1 aromatic heterocycles. The maximum atomic E-state index is 11.8. The molecule has 9 heteroatoms. The van der Waals surface area contributed by atoms with Crippen molar-refractivity contribution in [3.63, 3.8) is 0 Å². The van der Waals surface area contributed by atoms with Gasteiger partial charge in [-0.05, 0) is 32.8 Å². The molecule has 0 fully saturated rings. The summed E-state index contributed by atoms with van der Waals surface area (Å²) >= 11 is 4.65. The number of thiophene rings is 1. The van der Waals surface area contributed by atoms with Gasteiger partial charge in [0.15, 0.2) is 6.61 Å². The van der Waals surface area contributed by atoms with Gasteiger partial charge in [0.1, 0.15) is 5.75 Å². The predicted octanol–water partition coefficient (Wildman–Crippen LogP) is 4.10. The number of hydrazone groups is 1. The van der Waals surface area contributed by atoms with E-state index >= 15 is 0 Å². The smallest absolute Gasteiger partial charge is 0.280 e. The molecule has 0 saturated heterocycles. The summed E-state index contributed by atoms with van der Waals surface area (Å²) in [5, 5.41) is 17.8. The monoisotopic (exact) mass is 433 g/mol. The molecule has 0 radical (unpaired) electrons. The van der Waals surface area contributed by atoms with Gasteiger partial charge >= 0.3 is 0 Å². The highest BCUT2D eigenvalue weighted by atomic mass is 79.9. The number of halogens is 1. The maximum absolute atomic E-state index is 11.8. The normalized spacial score (nSPS) is 11.0. The Bertz CT molecular complexity index is 1000. The molecule has 0 spiro atoms. The molecule has 0 aliphatic heterocycles. The number of hydrogen-bond acceptors (Lipinski definition) is 6. The van der Waals surface area contributed by atoms with Crippen molar-refractivity contribution in [2.24, 2.45) is 5.10 Å². The number of fused-ring (bicyclic) bond motifs is 1. The van der Waals surface area contributed by atoms with E-state index in [1.54, 1.807) is 6.07 Å². The van der Waals surface area contributed by atoms with Crippen LogP contribution in [0.3, 0.4) is 0 Å². The van der Waals surface area contributed by atoms with Gasteiger partial charge in [-0.1, -0.05) is 30.3 Å². The predicted molar refractivity (Wildman–Crippen MR) is 104 cm³/mol. The third-order valence-corrected chi connectivity index (χ3v) is 5.06. The molecule has 0 bridgehead atoms. The lowest BCUT2D eigenvalue weighted by molar-refractivity contribution is -0.384. The minimum absolute atomic E-state index is 0.00716. The van der Waals surface area contributed by atoms with Gasteiger partial charge in [0.25, 0.3) is 11.6 Å². The van der Waals surface area contributed by atoms with Crippen molar-refractivity contribution >= 4 is 55.8 Å². The largest absolute Gasteiger partial charge is 0.483 e. The average Bonchev–Trinajstić information content (AvgIpc) is 3.11. The maximum Gasteiger partial charge on any atom is 0.280 e. The fourth-order valence-corrected chi connectivity index (χ4v) is 3.50. The summed E-state index contributed by atoms with van der Waals surface area (Å²) < 4.78 is 6.30. The quantitative estimate of drug-likeness (QED) is 0.359. The standard InChI is InChI=1S/C17H12BrN3O4S/c18-17-14-4-2-1-3-11(14)5-6-15(17)25-9-16(22)20-19-8-13-7-12(10-26-13)21(23)24/h1-8,10H,9H2,(H,20,22). The van der Waals surface area contributed by atoms with Crippen LogP contribution < -0.4 is 10.2 Å². The number of carbonyl (C=O) groups excluding carboxylic acids is 1. The number of ether oxygens (including phenoxy) is 1. The van der Waals surface area contributed by atoms with Crippen LogP contribution in [0.25, 0.3) is 10.8 Å². The van der Waals surface area contributed by atoms with Crippen molar-refractivity contribution in [1.29, 1.82) is 0 Å². The molecule has 1 heterocycles. The number of nitrogens with one attached hydrogen (secondary N) is 1. The van der Waals surface area contributed by atoms with Gasteiger partial charge in [-0.15, -0.1) is 11.3 Å². The van der Waals surface area contributed by atoms with E-state index in [1.807, 2.05) is 30.3 Å². The third kappa shape index (κ3) is 4.24. The Morgan fingerprint density at radius 2 is 2.15 bits per heavy atom. The molecule has 0 unspecified atom stereocenters. The summed E-state index contributed by atoms with van der Waals surface area (Å²) in [6.07, 6.45) is 1.35. The van der Waals surface area contributed by atoms with Crippen LogP contribution in [0.4, 0.5) is 5.69 Å². The molecule has 3 aromatic rings. The van der Waals surface area contributed by atoms with Crippen LogP contribution >= 0.6 is 27.3 Å². The van der Waals surface area contributed by atoms with Crippen molar-refractivity contribution in [2.45, 2.75) is 0 Å². The van der Waals surface area contributed by atoms with Crippen molar-refractivity contribution in [3.05, 3.63) is 67.3 Å². The Labute approximate surface area is 160 Å². The van der Waals surface area contributed by atoms with E-state index in [1.165, 1.54) is 17.7 Å². The molecule has 0 saturated carbocycles. The SMILES string of the molecule is O=C(COc1ccc2ccccc2c1Br)NN=Cc1cc([N+](=O)[O-])cs1. The lowest BCUT2D eigenvalue weighted by atomic mass is 10.1. The van der Waals surface area contributed by atoms with Gasteiger partial charge in [0, 0.05) is 6.07 Å². The molecular weight excluding hydrogens is 422 g/mol. The Kier molecular flexibility index (Phi) is 5.59. The molecule has 0 atom stereocenters. The average molecular weight is 434 g/mol. The fraction of sp³-hybridized carbons (Fsp3) is 0.0588. The minimum atomic E-state index is -0.484. The Morgan fingerprint density at radius 1 is 1.35 bits per heavy atom. The van der Waals surface area contributed by atoms with Gasteiger partial charge in [-0.2, -0.15) is 5.10 Å². The lowest BCUT2D eigenvalue weighted by Crippen LogP contribution is -2.24. The first kappa shape index (κ1) is 18.0. The van der Waals surface area contributed by atoms with Crippen LogP contribution in [-0.2, 0) is 4.79 Å². The summed E-state index contributed by atoms with van der Waals surface area (Å²) in [6.45, 7) is -0.209. The van der Waals surface area contributed by atoms with E-state index < -0.39 is 10.8 Å². The second-order valence-corrected chi connectivity index (χ2v) is 6.88. The zero-order valence-corrected chi connectivity index (χ0v) is 15.6. The Balaban J connectivity index is 1.56. The van der Waals surface area contributed by atoms with E-state index in [2.05, 4.69) is 26.5 Å². The zero-order chi connectivity index (χ0) is 18.5. The molecule has 3 rings (SSSR count). The number of nitrogens with zero attached hydrogens (tertiary/aromatic N) is 2. The molecule has 26 heavy (non-hydrogen) atoms. The molecule has 1 amide bonds. The fourth-order valence-electron chi connectivity index (χ4n) is 2.17. The van der Waals surface area contributed by atoms with Crippen molar-refractivity contribution in [2.75, 3.05) is 6.61 Å². The van der Waals surface area contributed by atoms with Gasteiger partial charge < -0.3 is 4.74 Å². The van der Waals surface area contributed by atoms with Gasteiger partial charge in [0.05, 0.1) is 25.9 Å². The highest BCUT2D eigenvalue weighted by molar-refractivity contribution is 9.10. The first-order chi connectivity index (χ1) is 12.5. The van der Waals surface area contributed by atoms with Crippen LogP contribution in [0.5, 0.6) is 5.75 Å². The summed E-state index contributed by atoms with van der Waals surface area (Å²) in [6, 6.07) is 12.9. The van der Waals surface area contributed by atoms with Crippen LogP contribution in [0.2, 0.25) is 0 Å². The summed E-state index contributed by atoms with van der Waals surface area (Å²) in [4.78, 5) is 22.5. The molecule has 2 aromatic carbocycles. The number of nitro groups is 1. The third-order valence-electron chi connectivity index (χ3n) is 3.38. The van der Waals surface area contributed by atoms with E-state index in [9.17, 15) is 14.9 Å². The Morgan fingerprint density at radius 3 is 2.92 bits per heavy atom. The van der Waals surface area contributed by atoms with Crippen molar-refractivity contribution in [1.82, 2.24) is 5.43 Å². The first-order valence-electron chi connectivity index (χ1n) is 7.39. The summed E-state index contributed by atoms with van der Waals surface area (Å²) in [7, 11) is 0. The van der Waals surface area contributed by atoms with Crippen molar-refractivity contribution in [3.8, 4) is 5.75 Å². The van der Waals surface area contributed by atoms with E-state index in [-0.39, 0.29) is 12.3 Å². The van der Waals surface area contributed by atoms with E-state index in [0.29, 0.717) is 10.6 Å². The molecule has 7 nitrogen and oxygen atoms in total. The second-order valence-electron chi connectivity index (χ2n) is 5.15. The molecule has 1 N–H and O–H groups in total. The van der Waals surface area contributed by atoms with Crippen molar-refractivity contribution < 1.29 is 14.5 Å².